The third-order valence-corrected chi connectivity index (χ3v) is 6.65. The molecule has 0 aromatic rings. The van der Waals surface area contributed by atoms with E-state index in [1.165, 1.54) is 0 Å². The van der Waals surface area contributed by atoms with Crippen LogP contribution in [0.25, 0.3) is 0 Å². The molecule has 0 amide bonds. The van der Waals surface area contributed by atoms with Crippen molar-refractivity contribution in [3.63, 3.8) is 0 Å². The standard InChI is InChI=1S/C24H34O24/c1-8(27)43-45-11(29)3-23(39,22(38)48-44-9(2)28)4-12(30)46-47-13(31)5-24(7-26)19(36)15(33)17(35)21(42-24)41-18-10(6-25)40-20(37)16(34)14(18)32/h10,14-21,25-26,32-37,39H,3-7H2,1-2H3/t10-,14-,15-,16-,17-,18-,19-,20-,21+,23?,24-/m1/s1. The van der Waals surface area contributed by atoms with E-state index in [-0.39, 0.29) is 0 Å². The van der Waals surface area contributed by atoms with Crippen molar-refractivity contribution < 1.29 is 118 Å². The minimum atomic E-state index is -3.26. The van der Waals surface area contributed by atoms with Crippen LogP contribution in [-0.4, -0.2) is 161 Å². The molecule has 24 heteroatoms. The maximum Gasteiger partial charge on any atom is 0.387 e. The Hall–Kier alpha value is -3.66. The summed E-state index contributed by atoms with van der Waals surface area (Å²) < 4.78 is 15.6. The Bertz CT molecular complexity index is 1170. The van der Waals surface area contributed by atoms with Crippen molar-refractivity contribution in [1.82, 2.24) is 0 Å². The fraction of sp³-hybridized carbons (Fsp3) is 0.750. The highest BCUT2D eigenvalue weighted by atomic mass is 17.2. The summed E-state index contributed by atoms with van der Waals surface area (Å²) in [6, 6.07) is 0. The van der Waals surface area contributed by atoms with Gasteiger partial charge in [-0.3, -0.25) is 0 Å². The van der Waals surface area contributed by atoms with E-state index in [1.54, 1.807) is 0 Å². The molecule has 0 aliphatic carbocycles. The number of rotatable bonds is 11. The quantitative estimate of drug-likeness (QED) is 0.0711. The molecule has 48 heavy (non-hydrogen) atoms. The molecule has 2 heterocycles. The Labute approximate surface area is 267 Å². The van der Waals surface area contributed by atoms with Gasteiger partial charge in [-0.05, 0) is 0 Å². The molecular formula is C24H34O24. The Morgan fingerprint density at radius 2 is 1.23 bits per heavy atom. The summed E-state index contributed by atoms with van der Waals surface area (Å²) >= 11 is 0. The zero-order chi connectivity index (χ0) is 36.6. The van der Waals surface area contributed by atoms with Crippen LogP contribution in [0.4, 0.5) is 0 Å². The van der Waals surface area contributed by atoms with Gasteiger partial charge in [0.15, 0.2) is 18.2 Å². The van der Waals surface area contributed by atoms with Crippen LogP contribution in [0.3, 0.4) is 0 Å². The first-order valence-corrected chi connectivity index (χ1v) is 13.5. The van der Waals surface area contributed by atoms with Gasteiger partial charge in [0, 0.05) is 13.8 Å². The lowest BCUT2D eigenvalue weighted by Crippen LogP contribution is -2.69. The van der Waals surface area contributed by atoms with Gasteiger partial charge >= 0.3 is 35.8 Å². The summed E-state index contributed by atoms with van der Waals surface area (Å²) in [5.41, 5.74) is -5.89. The van der Waals surface area contributed by atoms with E-state index in [0.29, 0.717) is 0 Å². The van der Waals surface area contributed by atoms with Crippen LogP contribution >= 0.6 is 0 Å². The van der Waals surface area contributed by atoms with Crippen LogP contribution < -0.4 is 0 Å². The number of aliphatic hydroxyl groups is 9. The van der Waals surface area contributed by atoms with Crippen molar-refractivity contribution in [3.8, 4) is 0 Å². The summed E-state index contributed by atoms with van der Waals surface area (Å²) in [5, 5.41) is 91.4. The number of carbonyl (C=O) groups is 6. The van der Waals surface area contributed by atoms with Crippen molar-refractivity contribution >= 4 is 35.8 Å². The molecule has 0 spiro atoms. The highest BCUT2D eigenvalue weighted by molar-refractivity contribution is 5.90. The maximum absolute atomic E-state index is 12.6. The Morgan fingerprint density at radius 3 is 1.75 bits per heavy atom. The number of hydrogen-bond acceptors (Lipinski definition) is 24. The topological polar surface area (TPSA) is 368 Å². The lowest BCUT2D eigenvalue weighted by Gasteiger charge is -2.49. The summed E-state index contributed by atoms with van der Waals surface area (Å²) in [5.74, 6) is -9.41. The minimum Gasteiger partial charge on any atom is -0.394 e. The molecule has 1 unspecified atom stereocenters. The first kappa shape index (κ1) is 40.5. The van der Waals surface area contributed by atoms with E-state index in [1.807, 2.05) is 0 Å². The molecular weight excluding hydrogens is 672 g/mol. The van der Waals surface area contributed by atoms with Crippen LogP contribution in [0.1, 0.15) is 33.1 Å². The van der Waals surface area contributed by atoms with Crippen molar-refractivity contribution in [2.75, 3.05) is 13.2 Å². The van der Waals surface area contributed by atoms with E-state index in [9.17, 15) is 74.7 Å². The number of hydrogen-bond donors (Lipinski definition) is 9. The molecule has 0 aromatic carbocycles. The molecule has 9 N–H and O–H groups in total. The number of aliphatic hydroxyl groups excluding tert-OH is 8. The van der Waals surface area contributed by atoms with Gasteiger partial charge in [0.25, 0.3) is 0 Å². The normalized spacial score (nSPS) is 32.9. The third-order valence-electron chi connectivity index (χ3n) is 6.65. The van der Waals surface area contributed by atoms with Crippen LogP contribution in [0, 0.1) is 0 Å². The summed E-state index contributed by atoms with van der Waals surface area (Å²) in [6.07, 6.45) is -22.6. The summed E-state index contributed by atoms with van der Waals surface area (Å²) in [7, 11) is 0. The van der Waals surface area contributed by atoms with E-state index in [0.717, 1.165) is 13.8 Å². The van der Waals surface area contributed by atoms with Crippen LogP contribution in [0.5, 0.6) is 0 Å². The first-order chi connectivity index (χ1) is 22.3. The average Bonchev–Trinajstić information content (AvgIpc) is 3.02. The molecule has 2 rings (SSSR count). The smallest absolute Gasteiger partial charge is 0.387 e. The molecule has 0 saturated carbocycles. The molecule has 0 radical (unpaired) electrons. The number of ether oxygens (including phenoxy) is 3. The summed E-state index contributed by atoms with van der Waals surface area (Å²) in [4.78, 5) is 95.1. The Balaban J connectivity index is 2.15. The van der Waals surface area contributed by atoms with Gasteiger partial charge in [0.1, 0.15) is 48.3 Å². The molecule has 24 nitrogen and oxygen atoms in total. The molecule has 2 aliphatic heterocycles. The zero-order valence-corrected chi connectivity index (χ0v) is 24.9. The molecule has 11 atom stereocenters. The van der Waals surface area contributed by atoms with Crippen LogP contribution in [-0.2, 0) is 72.3 Å². The third kappa shape index (κ3) is 10.2. The van der Waals surface area contributed by atoms with Crippen molar-refractivity contribution in [3.05, 3.63) is 0 Å². The van der Waals surface area contributed by atoms with Gasteiger partial charge in [-0.25, -0.2) is 58.1 Å². The average molecular weight is 707 g/mol. The second-order valence-electron chi connectivity index (χ2n) is 10.4. The van der Waals surface area contributed by atoms with Gasteiger partial charge < -0.3 is 60.2 Å². The molecule has 2 fully saturated rings. The SMILES string of the molecule is CC(=O)OOC(=O)CC(O)(CC(=O)OOC(=O)C[C@]1(CO)O[C@H](O[C@H]2[C@H](O)[C@@H](O)[C@H](O)O[C@@H]2CO)[C@H](O)[C@@H](O)[C@H]1O)C(=O)OOC(C)=O. The van der Waals surface area contributed by atoms with Crippen LogP contribution in [0.2, 0.25) is 0 Å². The van der Waals surface area contributed by atoms with Gasteiger partial charge in [0.05, 0.1) is 32.5 Å². The maximum atomic E-state index is 12.6. The molecule has 2 aliphatic rings. The fourth-order valence-electron chi connectivity index (χ4n) is 4.25. The lowest BCUT2D eigenvalue weighted by atomic mass is 9.84. The molecule has 0 aromatic heterocycles. The van der Waals surface area contributed by atoms with Gasteiger partial charge in [-0.2, -0.15) is 0 Å². The molecule has 0 bridgehead atoms. The highest BCUT2D eigenvalue weighted by Crippen LogP contribution is 2.36. The van der Waals surface area contributed by atoms with Crippen LogP contribution in [0.15, 0.2) is 0 Å². The van der Waals surface area contributed by atoms with E-state index < -0.39 is 135 Å². The predicted molar refractivity (Wildman–Crippen MR) is 134 cm³/mol. The van der Waals surface area contributed by atoms with E-state index in [4.69, 9.17) is 14.2 Å². The second-order valence-corrected chi connectivity index (χ2v) is 10.4. The zero-order valence-electron chi connectivity index (χ0n) is 24.9. The Morgan fingerprint density at radius 1 is 0.708 bits per heavy atom. The lowest BCUT2D eigenvalue weighted by molar-refractivity contribution is -0.376. The van der Waals surface area contributed by atoms with E-state index in [2.05, 4.69) is 29.3 Å². The summed E-state index contributed by atoms with van der Waals surface area (Å²) in [6.45, 7) is -0.688. The molecule has 274 valence electrons. The minimum absolute atomic E-state index is 0.768. The van der Waals surface area contributed by atoms with Crippen molar-refractivity contribution in [2.45, 2.75) is 99.6 Å². The Kier molecular flexibility index (Phi) is 14.5. The highest BCUT2D eigenvalue weighted by Gasteiger charge is 2.57. The monoisotopic (exact) mass is 706 g/mol. The molecule has 2 saturated heterocycles. The first-order valence-electron chi connectivity index (χ1n) is 13.5. The van der Waals surface area contributed by atoms with Gasteiger partial charge in [-0.15, -0.1) is 0 Å². The predicted octanol–water partition coefficient (Wildman–Crippen LogP) is -7.08. The van der Waals surface area contributed by atoms with Gasteiger partial charge in [-0.1, -0.05) is 0 Å². The largest absolute Gasteiger partial charge is 0.394 e. The second kappa shape index (κ2) is 17.1. The van der Waals surface area contributed by atoms with Gasteiger partial charge in [0.2, 0.25) is 0 Å². The number of carbonyl (C=O) groups excluding carboxylic acids is 6. The fourth-order valence-corrected chi connectivity index (χ4v) is 4.25. The van der Waals surface area contributed by atoms with Crippen molar-refractivity contribution in [2.24, 2.45) is 0 Å². The van der Waals surface area contributed by atoms with Crippen molar-refractivity contribution in [1.29, 1.82) is 0 Å². The van der Waals surface area contributed by atoms with E-state index >= 15 is 0 Å².